The fourth-order valence-corrected chi connectivity index (χ4v) is 2.19. The lowest BCUT2D eigenvalue weighted by Gasteiger charge is -2.06. The van der Waals surface area contributed by atoms with E-state index >= 15 is 0 Å². The van der Waals surface area contributed by atoms with E-state index in [0.717, 1.165) is 5.56 Å². The van der Waals surface area contributed by atoms with Crippen LogP contribution in [0.1, 0.15) is 15.9 Å². The number of hydrogen-bond donors (Lipinski definition) is 2. The zero-order valence-corrected chi connectivity index (χ0v) is 15.0. The maximum Gasteiger partial charge on any atom is 0.331 e. The number of nitrogens with one attached hydrogen (secondary N) is 2. The van der Waals surface area contributed by atoms with E-state index in [4.69, 9.17) is 9.47 Å². The third-order valence-corrected chi connectivity index (χ3v) is 3.54. The summed E-state index contributed by atoms with van der Waals surface area (Å²) in [5.41, 5.74) is 1.69. The van der Waals surface area contributed by atoms with Crippen LogP contribution in [0, 0.1) is 0 Å². The van der Waals surface area contributed by atoms with Gasteiger partial charge >= 0.3 is 5.97 Å². The Labute approximate surface area is 157 Å². The molecule has 140 valence electrons. The molecule has 0 atom stereocenters. The summed E-state index contributed by atoms with van der Waals surface area (Å²) in [6.45, 7) is -0.424. The van der Waals surface area contributed by atoms with Gasteiger partial charge in [0.25, 0.3) is 11.8 Å². The molecule has 2 aromatic carbocycles. The van der Waals surface area contributed by atoms with Gasteiger partial charge in [0, 0.05) is 29.9 Å². The van der Waals surface area contributed by atoms with Crippen LogP contribution in [0.2, 0.25) is 0 Å². The van der Waals surface area contributed by atoms with Gasteiger partial charge in [0.15, 0.2) is 6.61 Å². The maximum absolute atomic E-state index is 11.9. The largest absolute Gasteiger partial charge is 0.496 e. The number of ether oxygens (including phenoxy) is 2. The average Bonchev–Trinajstić information content (AvgIpc) is 2.70. The summed E-state index contributed by atoms with van der Waals surface area (Å²) in [5, 5.41) is 5.09. The maximum atomic E-state index is 11.9. The van der Waals surface area contributed by atoms with E-state index < -0.39 is 18.5 Å². The van der Waals surface area contributed by atoms with Gasteiger partial charge in [0.2, 0.25) is 0 Å². The molecular weight excluding hydrogens is 348 g/mol. The molecule has 0 fully saturated rings. The van der Waals surface area contributed by atoms with E-state index in [-0.39, 0.29) is 5.91 Å². The van der Waals surface area contributed by atoms with Gasteiger partial charge in [-0.05, 0) is 36.4 Å². The minimum Gasteiger partial charge on any atom is -0.496 e. The molecule has 0 saturated carbocycles. The molecule has 0 aliphatic rings. The van der Waals surface area contributed by atoms with Crippen LogP contribution in [-0.2, 0) is 14.3 Å². The Kier molecular flexibility index (Phi) is 7.13. The summed E-state index contributed by atoms with van der Waals surface area (Å²) in [5.74, 6) is -0.726. The summed E-state index contributed by atoms with van der Waals surface area (Å²) >= 11 is 0. The van der Waals surface area contributed by atoms with Crippen LogP contribution in [0.4, 0.5) is 5.69 Å². The lowest BCUT2D eigenvalue weighted by Crippen LogP contribution is -2.20. The standard InChI is InChI=1S/C20H20N2O5/c1-21-20(25)15-7-10-16(11-8-15)22-18(23)13-27-19(24)12-9-14-5-3-4-6-17(14)26-2/h3-12H,13H2,1-2H3,(H,21,25)(H,22,23)/b12-9+. The van der Waals surface area contributed by atoms with E-state index in [1.807, 2.05) is 12.1 Å². The van der Waals surface area contributed by atoms with Gasteiger partial charge in [-0.1, -0.05) is 18.2 Å². The number of carbonyl (C=O) groups excluding carboxylic acids is 3. The highest BCUT2D eigenvalue weighted by Gasteiger charge is 2.07. The second kappa shape index (κ2) is 9.76. The Bertz CT molecular complexity index is 844. The molecule has 2 aromatic rings. The number of benzene rings is 2. The first kappa shape index (κ1) is 19.7. The molecule has 0 unspecified atom stereocenters. The molecule has 0 aliphatic heterocycles. The van der Waals surface area contributed by atoms with Crippen molar-refractivity contribution in [2.45, 2.75) is 0 Å². The van der Waals surface area contributed by atoms with Gasteiger partial charge in [-0.2, -0.15) is 0 Å². The molecule has 0 saturated heterocycles. The topological polar surface area (TPSA) is 93.7 Å². The van der Waals surface area contributed by atoms with Crippen molar-refractivity contribution in [1.82, 2.24) is 5.32 Å². The minimum absolute atomic E-state index is 0.219. The Morgan fingerprint density at radius 3 is 2.41 bits per heavy atom. The van der Waals surface area contributed by atoms with Gasteiger partial charge < -0.3 is 20.1 Å². The van der Waals surface area contributed by atoms with Crippen LogP contribution in [0.15, 0.2) is 54.6 Å². The van der Waals surface area contributed by atoms with E-state index in [0.29, 0.717) is 17.0 Å². The normalized spacial score (nSPS) is 10.3. The fourth-order valence-electron chi connectivity index (χ4n) is 2.19. The predicted molar refractivity (Wildman–Crippen MR) is 101 cm³/mol. The van der Waals surface area contributed by atoms with Crippen molar-refractivity contribution in [2.24, 2.45) is 0 Å². The average molecular weight is 368 g/mol. The van der Waals surface area contributed by atoms with E-state index in [1.165, 1.54) is 20.2 Å². The van der Waals surface area contributed by atoms with Crippen molar-refractivity contribution >= 4 is 29.5 Å². The van der Waals surface area contributed by atoms with Crippen LogP contribution in [0.5, 0.6) is 5.75 Å². The first-order valence-corrected chi connectivity index (χ1v) is 8.13. The summed E-state index contributed by atoms with van der Waals surface area (Å²) < 4.78 is 10.1. The summed E-state index contributed by atoms with van der Waals surface area (Å²) in [6, 6.07) is 13.5. The molecule has 0 heterocycles. The Hall–Kier alpha value is -3.61. The number of methoxy groups -OCH3 is 1. The lowest BCUT2D eigenvalue weighted by molar-refractivity contribution is -0.142. The Morgan fingerprint density at radius 1 is 1.04 bits per heavy atom. The van der Waals surface area contributed by atoms with E-state index in [2.05, 4.69) is 10.6 Å². The van der Waals surface area contributed by atoms with Crippen LogP contribution in [-0.4, -0.2) is 38.5 Å². The zero-order valence-electron chi connectivity index (χ0n) is 15.0. The molecule has 2 N–H and O–H groups in total. The first-order valence-electron chi connectivity index (χ1n) is 8.13. The highest BCUT2D eigenvalue weighted by Crippen LogP contribution is 2.18. The molecule has 0 radical (unpaired) electrons. The number of hydrogen-bond acceptors (Lipinski definition) is 5. The quantitative estimate of drug-likeness (QED) is 0.577. The van der Waals surface area contributed by atoms with Crippen molar-refractivity contribution < 1.29 is 23.9 Å². The van der Waals surface area contributed by atoms with Crippen LogP contribution >= 0.6 is 0 Å². The molecule has 0 spiro atoms. The van der Waals surface area contributed by atoms with Crippen molar-refractivity contribution in [3.05, 3.63) is 65.7 Å². The van der Waals surface area contributed by atoms with Crippen molar-refractivity contribution in [3.63, 3.8) is 0 Å². The second-order valence-electron chi connectivity index (χ2n) is 5.39. The number of anilines is 1. The summed E-state index contributed by atoms with van der Waals surface area (Å²) in [7, 11) is 3.07. The van der Waals surface area contributed by atoms with E-state index in [1.54, 1.807) is 42.5 Å². The van der Waals surface area contributed by atoms with Crippen LogP contribution in [0.3, 0.4) is 0 Å². The summed E-state index contributed by atoms with van der Waals surface area (Å²) in [6.07, 6.45) is 2.78. The predicted octanol–water partition coefficient (Wildman–Crippen LogP) is 2.25. The van der Waals surface area contributed by atoms with Crippen molar-refractivity contribution in [1.29, 1.82) is 0 Å². The van der Waals surface area contributed by atoms with Crippen LogP contribution in [0.25, 0.3) is 6.08 Å². The first-order chi connectivity index (χ1) is 13.0. The number of carbonyl (C=O) groups is 3. The second-order valence-corrected chi connectivity index (χ2v) is 5.39. The zero-order chi connectivity index (χ0) is 19.6. The molecule has 2 amide bonds. The third-order valence-electron chi connectivity index (χ3n) is 3.54. The monoisotopic (exact) mass is 368 g/mol. The number of amides is 2. The Balaban J connectivity index is 1.83. The lowest BCUT2D eigenvalue weighted by atomic mass is 10.2. The van der Waals surface area contributed by atoms with Gasteiger partial charge in [-0.25, -0.2) is 4.79 Å². The van der Waals surface area contributed by atoms with Gasteiger partial charge in [0.05, 0.1) is 7.11 Å². The fraction of sp³-hybridized carbons (Fsp3) is 0.150. The van der Waals surface area contributed by atoms with E-state index in [9.17, 15) is 14.4 Å². The molecule has 0 aliphatic carbocycles. The number of esters is 1. The van der Waals surface area contributed by atoms with Crippen molar-refractivity contribution in [2.75, 3.05) is 26.1 Å². The minimum atomic E-state index is -0.647. The SMILES string of the molecule is CNC(=O)c1ccc(NC(=O)COC(=O)/C=C/c2ccccc2OC)cc1. The van der Waals surface area contributed by atoms with Gasteiger partial charge in [-0.15, -0.1) is 0 Å². The summed E-state index contributed by atoms with van der Waals surface area (Å²) in [4.78, 5) is 35.1. The number of rotatable bonds is 7. The Morgan fingerprint density at radius 2 is 1.74 bits per heavy atom. The molecule has 7 heteroatoms. The van der Waals surface area contributed by atoms with Gasteiger partial charge in [-0.3, -0.25) is 9.59 Å². The number of para-hydroxylation sites is 1. The molecular formula is C20H20N2O5. The highest BCUT2D eigenvalue weighted by atomic mass is 16.5. The smallest absolute Gasteiger partial charge is 0.331 e. The molecule has 7 nitrogen and oxygen atoms in total. The highest BCUT2D eigenvalue weighted by molar-refractivity contribution is 5.96. The molecule has 0 bridgehead atoms. The third kappa shape index (κ3) is 6.00. The molecule has 27 heavy (non-hydrogen) atoms. The van der Waals surface area contributed by atoms with Crippen LogP contribution < -0.4 is 15.4 Å². The van der Waals surface area contributed by atoms with Gasteiger partial charge in [0.1, 0.15) is 5.75 Å². The van der Waals surface area contributed by atoms with Crippen molar-refractivity contribution in [3.8, 4) is 5.75 Å². The molecule has 0 aromatic heterocycles. The molecule has 2 rings (SSSR count).